The summed E-state index contributed by atoms with van der Waals surface area (Å²) in [7, 11) is 0. The molecule has 3 heterocycles. The maximum atomic E-state index is 11.9. The van der Waals surface area contributed by atoms with Crippen molar-refractivity contribution < 1.29 is 4.79 Å². The van der Waals surface area contributed by atoms with Gasteiger partial charge in [0.2, 0.25) is 5.91 Å². The Hall–Kier alpha value is -2.25. The first-order valence-electron chi connectivity index (χ1n) is 7.14. The van der Waals surface area contributed by atoms with Gasteiger partial charge in [-0.25, -0.2) is 4.68 Å². The lowest BCUT2D eigenvalue weighted by Crippen LogP contribution is -2.51. The van der Waals surface area contributed by atoms with Gasteiger partial charge in [-0.15, -0.1) is 5.10 Å². The van der Waals surface area contributed by atoms with Crippen LogP contribution in [0.2, 0.25) is 0 Å². The van der Waals surface area contributed by atoms with Crippen molar-refractivity contribution in [3.05, 3.63) is 24.3 Å². The topological polar surface area (TPSA) is 81.7 Å². The number of aromatic nitrogens is 6. The largest absolute Gasteiger partial charge is 0.338 e. The van der Waals surface area contributed by atoms with Crippen LogP contribution in [0, 0.1) is 5.92 Å². The fraction of sp³-hybridized carbons (Fsp3) is 0.615. The van der Waals surface area contributed by atoms with Crippen LogP contribution in [0.1, 0.15) is 32.0 Å². The van der Waals surface area contributed by atoms with Crippen LogP contribution >= 0.6 is 0 Å². The van der Waals surface area contributed by atoms with Crippen LogP contribution in [0.15, 0.2) is 18.6 Å². The van der Waals surface area contributed by atoms with E-state index >= 15 is 0 Å². The third-order valence-electron chi connectivity index (χ3n) is 3.50. The van der Waals surface area contributed by atoms with E-state index in [2.05, 4.69) is 34.4 Å². The number of amides is 1. The monoisotopic (exact) mass is 289 g/mol. The zero-order chi connectivity index (χ0) is 14.8. The zero-order valence-electron chi connectivity index (χ0n) is 12.3. The van der Waals surface area contributed by atoms with E-state index in [0.29, 0.717) is 32.0 Å². The third kappa shape index (κ3) is 3.09. The lowest BCUT2D eigenvalue weighted by Gasteiger charge is -2.39. The van der Waals surface area contributed by atoms with Gasteiger partial charge in [0, 0.05) is 19.5 Å². The van der Waals surface area contributed by atoms with Gasteiger partial charge in [0.25, 0.3) is 0 Å². The molecule has 1 aliphatic heterocycles. The number of hydrogen-bond acceptors (Lipinski definition) is 5. The molecule has 1 saturated heterocycles. The highest BCUT2D eigenvalue weighted by Gasteiger charge is 2.32. The average Bonchev–Trinajstić information content (AvgIpc) is 2.99. The Morgan fingerprint density at radius 2 is 2.05 bits per heavy atom. The quantitative estimate of drug-likeness (QED) is 0.793. The van der Waals surface area contributed by atoms with E-state index in [9.17, 15) is 4.79 Å². The van der Waals surface area contributed by atoms with Crippen LogP contribution in [-0.2, 0) is 11.3 Å². The SMILES string of the molecule is CC(C)CC(=O)N1CC(n2cc(Cn3nccn3)nn2)C1. The predicted octanol–water partition coefficient (Wildman–Crippen LogP) is 0.347. The minimum atomic E-state index is 0.224. The van der Waals surface area contributed by atoms with Crippen LogP contribution < -0.4 is 0 Å². The second kappa shape index (κ2) is 5.63. The molecular formula is C13H19N7O. The van der Waals surface area contributed by atoms with Crippen molar-refractivity contribution >= 4 is 5.91 Å². The van der Waals surface area contributed by atoms with Crippen LogP contribution in [0.25, 0.3) is 0 Å². The summed E-state index contributed by atoms with van der Waals surface area (Å²) in [6.45, 7) is 6.06. The summed E-state index contributed by atoms with van der Waals surface area (Å²) in [6.07, 6.45) is 5.78. The smallest absolute Gasteiger partial charge is 0.222 e. The summed E-state index contributed by atoms with van der Waals surface area (Å²) in [4.78, 5) is 15.3. The van der Waals surface area contributed by atoms with E-state index in [1.54, 1.807) is 17.2 Å². The number of nitrogens with zero attached hydrogens (tertiary/aromatic N) is 7. The van der Waals surface area contributed by atoms with Crippen molar-refractivity contribution in [1.29, 1.82) is 0 Å². The maximum Gasteiger partial charge on any atom is 0.222 e. The molecule has 0 aliphatic carbocycles. The number of carbonyl (C=O) groups is 1. The van der Waals surface area contributed by atoms with Crippen molar-refractivity contribution in [3.63, 3.8) is 0 Å². The fourth-order valence-corrected chi connectivity index (χ4v) is 2.34. The Labute approximate surface area is 122 Å². The second-order valence-electron chi connectivity index (χ2n) is 5.80. The van der Waals surface area contributed by atoms with Crippen LogP contribution in [-0.4, -0.2) is 53.9 Å². The van der Waals surface area contributed by atoms with Gasteiger partial charge in [-0.3, -0.25) is 4.79 Å². The molecule has 1 fully saturated rings. The van der Waals surface area contributed by atoms with Gasteiger partial charge in [-0.05, 0) is 5.92 Å². The minimum absolute atomic E-state index is 0.224. The van der Waals surface area contributed by atoms with Crippen molar-refractivity contribution in [2.45, 2.75) is 32.9 Å². The molecule has 0 spiro atoms. The Morgan fingerprint density at radius 3 is 2.71 bits per heavy atom. The van der Waals surface area contributed by atoms with E-state index in [1.165, 1.54) is 0 Å². The van der Waals surface area contributed by atoms with Gasteiger partial charge in [-0.2, -0.15) is 15.0 Å². The molecule has 2 aromatic heterocycles. The Bertz CT molecular complexity index is 598. The maximum absolute atomic E-state index is 11.9. The summed E-state index contributed by atoms with van der Waals surface area (Å²) in [5.41, 5.74) is 0.818. The van der Waals surface area contributed by atoms with Gasteiger partial charge in [0.05, 0.1) is 24.6 Å². The predicted molar refractivity (Wildman–Crippen MR) is 74.2 cm³/mol. The van der Waals surface area contributed by atoms with E-state index in [0.717, 1.165) is 5.69 Å². The Morgan fingerprint density at radius 1 is 1.33 bits per heavy atom. The lowest BCUT2D eigenvalue weighted by atomic mass is 10.1. The summed E-state index contributed by atoms with van der Waals surface area (Å²) >= 11 is 0. The Kier molecular flexibility index (Phi) is 3.68. The molecule has 0 radical (unpaired) electrons. The number of carbonyl (C=O) groups excluding carboxylic acids is 1. The summed E-state index contributed by atoms with van der Waals surface area (Å²) in [5.74, 6) is 0.624. The molecule has 3 rings (SSSR count). The number of rotatable bonds is 5. The van der Waals surface area contributed by atoms with Crippen molar-refractivity contribution in [2.75, 3.05) is 13.1 Å². The summed E-state index contributed by atoms with van der Waals surface area (Å²) in [6, 6.07) is 0.230. The molecule has 21 heavy (non-hydrogen) atoms. The minimum Gasteiger partial charge on any atom is -0.338 e. The van der Waals surface area contributed by atoms with E-state index < -0.39 is 0 Å². The van der Waals surface area contributed by atoms with Crippen molar-refractivity contribution in [1.82, 2.24) is 34.9 Å². The molecule has 2 aromatic rings. The highest BCUT2D eigenvalue weighted by atomic mass is 16.2. The molecule has 0 N–H and O–H groups in total. The van der Waals surface area contributed by atoms with Crippen LogP contribution in [0.4, 0.5) is 0 Å². The van der Waals surface area contributed by atoms with Crippen molar-refractivity contribution in [3.8, 4) is 0 Å². The number of hydrogen-bond donors (Lipinski definition) is 0. The van der Waals surface area contributed by atoms with Gasteiger partial charge in [-0.1, -0.05) is 19.1 Å². The lowest BCUT2D eigenvalue weighted by molar-refractivity contribution is -0.138. The first-order valence-corrected chi connectivity index (χ1v) is 7.14. The Balaban J connectivity index is 1.53. The molecule has 0 saturated carbocycles. The van der Waals surface area contributed by atoms with E-state index in [4.69, 9.17) is 0 Å². The summed E-state index contributed by atoms with van der Waals surface area (Å²) in [5, 5.41) is 16.3. The highest BCUT2D eigenvalue weighted by molar-refractivity contribution is 5.77. The molecule has 8 heteroatoms. The summed E-state index contributed by atoms with van der Waals surface area (Å²) < 4.78 is 1.83. The van der Waals surface area contributed by atoms with Gasteiger partial charge < -0.3 is 4.90 Å². The molecule has 0 aromatic carbocycles. The van der Waals surface area contributed by atoms with Crippen molar-refractivity contribution in [2.24, 2.45) is 5.92 Å². The first kappa shape index (κ1) is 13.7. The third-order valence-corrected chi connectivity index (χ3v) is 3.50. The van der Waals surface area contributed by atoms with Gasteiger partial charge in [0.15, 0.2) is 0 Å². The standard InChI is InChI=1S/C13H19N7O/c1-10(2)5-13(21)18-8-12(9-18)19-6-11(16-17-19)7-20-14-3-4-15-20/h3-4,6,10,12H,5,7-9H2,1-2H3. The van der Waals surface area contributed by atoms with Gasteiger partial charge >= 0.3 is 0 Å². The molecule has 0 atom stereocenters. The highest BCUT2D eigenvalue weighted by Crippen LogP contribution is 2.22. The molecule has 112 valence electrons. The second-order valence-corrected chi connectivity index (χ2v) is 5.80. The van der Waals surface area contributed by atoms with Crippen LogP contribution in [0.3, 0.4) is 0 Å². The average molecular weight is 289 g/mol. The van der Waals surface area contributed by atoms with E-state index in [-0.39, 0.29) is 11.9 Å². The number of likely N-dealkylation sites (tertiary alicyclic amines) is 1. The molecule has 0 bridgehead atoms. The normalized spacial score (nSPS) is 15.5. The first-order chi connectivity index (χ1) is 10.1. The zero-order valence-corrected chi connectivity index (χ0v) is 12.3. The van der Waals surface area contributed by atoms with Crippen LogP contribution in [0.5, 0.6) is 0 Å². The molecule has 8 nitrogen and oxygen atoms in total. The fourth-order valence-electron chi connectivity index (χ4n) is 2.34. The molecule has 1 aliphatic rings. The van der Waals surface area contributed by atoms with Gasteiger partial charge in [0.1, 0.15) is 12.2 Å². The van der Waals surface area contributed by atoms with E-state index in [1.807, 2.05) is 15.8 Å². The molecular weight excluding hydrogens is 270 g/mol. The molecule has 1 amide bonds. The molecule has 0 unspecified atom stereocenters.